The molecule has 1 aliphatic heterocycles. The molecule has 3 amide bonds. The quantitative estimate of drug-likeness (QED) is 0.865. The molecular formula is C16H21ClN2O5. The van der Waals surface area contributed by atoms with Crippen LogP contribution in [0.25, 0.3) is 0 Å². The van der Waals surface area contributed by atoms with Crippen LogP contribution >= 0.6 is 11.6 Å². The molecule has 8 heteroatoms. The van der Waals surface area contributed by atoms with E-state index in [2.05, 4.69) is 0 Å². The third-order valence-electron chi connectivity index (χ3n) is 3.73. The van der Waals surface area contributed by atoms with Gasteiger partial charge in [-0.15, -0.1) is 0 Å². The fraction of sp³-hybridized carbons (Fsp3) is 0.500. The first kappa shape index (κ1) is 18.5. The second kappa shape index (κ2) is 7.83. The Morgan fingerprint density at radius 1 is 1.38 bits per heavy atom. The van der Waals surface area contributed by atoms with Gasteiger partial charge in [-0.1, -0.05) is 37.6 Å². The molecule has 2 unspecified atom stereocenters. The number of carbonyl (C=O) groups is 2. The Bertz CT molecular complexity index is 593. The molecule has 0 bridgehead atoms. The summed E-state index contributed by atoms with van der Waals surface area (Å²) in [6.07, 6.45) is -2.15. The van der Waals surface area contributed by atoms with E-state index in [1.54, 1.807) is 24.3 Å². The molecule has 0 saturated carbocycles. The maximum atomic E-state index is 12.6. The molecule has 2 atom stereocenters. The number of urea groups is 1. The maximum Gasteiger partial charge on any atom is 0.415 e. The van der Waals surface area contributed by atoms with E-state index in [4.69, 9.17) is 16.3 Å². The lowest BCUT2D eigenvalue weighted by Gasteiger charge is -2.29. The van der Waals surface area contributed by atoms with Gasteiger partial charge in [0.25, 0.3) is 0 Å². The number of carboxylic acid groups (broad SMARTS) is 1. The van der Waals surface area contributed by atoms with Gasteiger partial charge in [-0.05, 0) is 30.0 Å². The predicted molar refractivity (Wildman–Crippen MR) is 87.7 cm³/mol. The fourth-order valence-corrected chi connectivity index (χ4v) is 2.67. The number of ether oxygens (including phenoxy) is 1. The maximum absolute atomic E-state index is 12.6. The molecular weight excluding hydrogens is 336 g/mol. The highest BCUT2D eigenvalue weighted by Crippen LogP contribution is 2.23. The molecule has 0 spiro atoms. The van der Waals surface area contributed by atoms with Crippen LogP contribution in [0, 0.1) is 5.92 Å². The van der Waals surface area contributed by atoms with E-state index in [1.165, 1.54) is 4.90 Å². The highest BCUT2D eigenvalue weighted by molar-refractivity contribution is 6.30. The number of hydrogen-bond donors (Lipinski definition) is 2. The topological polar surface area (TPSA) is 90.3 Å². The van der Waals surface area contributed by atoms with Crippen LogP contribution in [0.5, 0.6) is 0 Å². The van der Waals surface area contributed by atoms with Gasteiger partial charge in [0.05, 0.1) is 6.04 Å². The van der Waals surface area contributed by atoms with Crippen LogP contribution in [0.1, 0.15) is 19.4 Å². The van der Waals surface area contributed by atoms with Crippen LogP contribution in [0.15, 0.2) is 24.3 Å². The van der Waals surface area contributed by atoms with Crippen molar-refractivity contribution >= 4 is 23.7 Å². The van der Waals surface area contributed by atoms with Crippen LogP contribution < -0.4 is 0 Å². The summed E-state index contributed by atoms with van der Waals surface area (Å²) < 4.78 is 5.14. The third kappa shape index (κ3) is 4.37. The minimum absolute atomic E-state index is 0.00629. The van der Waals surface area contributed by atoms with Crippen molar-refractivity contribution in [3.05, 3.63) is 34.9 Å². The average Bonchev–Trinajstić information content (AvgIpc) is 2.87. The number of hydrogen-bond acceptors (Lipinski definition) is 4. The molecule has 0 radical (unpaired) electrons. The number of rotatable bonds is 4. The highest BCUT2D eigenvalue weighted by Gasteiger charge is 2.40. The zero-order chi connectivity index (χ0) is 17.9. The van der Waals surface area contributed by atoms with E-state index in [0.717, 1.165) is 10.5 Å². The number of nitrogens with zero attached hydrogens (tertiary/aromatic N) is 2. The number of carbonyl (C=O) groups excluding carboxylic acids is 1. The van der Waals surface area contributed by atoms with E-state index in [-0.39, 0.29) is 19.2 Å². The first-order valence-electron chi connectivity index (χ1n) is 7.64. The van der Waals surface area contributed by atoms with Gasteiger partial charge in [0.1, 0.15) is 6.73 Å². The van der Waals surface area contributed by atoms with Gasteiger partial charge in [-0.25, -0.2) is 14.5 Å². The van der Waals surface area contributed by atoms with E-state index >= 15 is 0 Å². The van der Waals surface area contributed by atoms with Crippen molar-refractivity contribution in [2.45, 2.75) is 32.6 Å². The number of amides is 3. The zero-order valence-electron chi connectivity index (χ0n) is 13.6. The summed E-state index contributed by atoms with van der Waals surface area (Å²) in [4.78, 5) is 26.0. The molecule has 1 aliphatic rings. The SMILES string of the molecule is CC(C)CN(C(=O)O)C(=O)N1COC(O)C1Cc1ccc(Cl)cc1. The largest absolute Gasteiger partial charge is 0.465 e. The Balaban J connectivity index is 2.15. The lowest BCUT2D eigenvalue weighted by molar-refractivity contribution is -0.0671. The molecule has 1 aromatic carbocycles. The fourth-order valence-electron chi connectivity index (χ4n) is 2.55. The first-order valence-corrected chi connectivity index (χ1v) is 8.02. The van der Waals surface area contributed by atoms with Crippen molar-refractivity contribution in [1.29, 1.82) is 0 Å². The Morgan fingerprint density at radius 3 is 2.54 bits per heavy atom. The van der Waals surface area contributed by atoms with E-state index in [1.807, 2.05) is 13.8 Å². The third-order valence-corrected chi connectivity index (χ3v) is 3.98. The molecule has 1 aromatic rings. The van der Waals surface area contributed by atoms with Crippen molar-refractivity contribution in [3.63, 3.8) is 0 Å². The Labute approximate surface area is 145 Å². The second-order valence-corrected chi connectivity index (χ2v) is 6.56. The van der Waals surface area contributed by atoms with Gasteiger partial charge in [0.15, 0.2) is 6.29 Å². The van der Waals surface area contributed by atoms with Crippen molar-refractivity contribution in [2.75, 3.05) is 13.3 Å². The highest BCUT2D eigenvalue weighted by atomic mass is 35.5. The van der Waals surface area contributed by atoms with Crippen LogP contribution in [-0.4, -0.2) is 57.7 Å². The van der Waals surface area contributed by atoms with Gasteiger partial charge in [0.2, 0.25) is 0 Å². The minimum Gasteiger partial charge on any atom is -0.465 e. The van der Waals surface area contributed by atoms with Crippen molar-refractivity contribution in [1.82, 2.24) is 9.80 Å². The monoisotopic (exact) mass is 356 g/mol. The zero-order valence-corrected chi connectivity index (χ0v) is 14.3. The van der Waals surface area contributed by atoms with Gasteiger partial charge in [-0.3, -0.25) is 4.90 Å². The smallest absolute Gasteiger partial charge is 0.415 e. The lowest BCUT2D eigenvalue weighted by atomic mass is 10.1. The van der Waals surface area contributed by atoms with E-state index < -0.39 is 24.5 Å². The van der Waals surface area contributed by atoms with Gasteiger partial charge >= 0.3 is 12.1 Å². The summed E-state index contributed by atoms with van der Waals surface area (Å²) >= 11 is 5.85. The number of aliphatic hydroxyl groups excluding tert-OH is 1. The first-order chi connectivity index (χ1) is 11.3. The van der Waals surface area contributed by atoms with Crippen LogP contribution in [0.4, 0.5) is 9.59 Å². The number of halogens is 1. The average molecular weight is 357 g/mol. The molecule has 1 fully saturated rings. The summed E-state index contributed by atoms with van der Waals surface area (Å²) in [5.41, 5.74) is 0.859. The number of imide groups is 1. The van der Waals surface area contributed by atoms with Crippen molar-refractivity contribution in [3.8, 4) is 0 Å². The molecule has 1 saturated heterocycles. The Morgan fingerprint density at radius 2 is 2.00 bits per heavy atom. The second-order valence-electron chi connectivity index (χ2n) is 6.12. The Kier molecular flexibility index (Phi) is 6.04. The van der Waals surface area contributed by atoms with Crippen LogP contribution in [0.2, 0.25) is 5.02 Å². The normalized spacial score (nSPS) is 20.5. The minimum atomic E-state index is -1.32. The summed E-state index contributed by atoms with van der Waals surface area (Å²) in [5.74, 6) is -0.00629. The molecule has 0 aliphatic carbocycles. The van der Waals surface area contributed by atoms with Gasteiger partial charge in [0, 0.05) is 11.6 Å². The molecule has 0 aromatic heterocycles. The van der Waals surface area contributed by atoms with Gasteiger partial charge in [-0.2, -0.15) is 0 Å². The van der Waals surface area contributed by atoms with E-state index in [9.17, 15) is 19.8 Å². The molecule has 2 N–H and O–H groups in total. The van der Waals surface area contributed by atoms with E-state index in [0.29, 0.717) is 11.4 Å². The summed E-state index contributed by atoms with van der Waals surface area (Å²) in [5, 5.41) is 19.9. The number of benzene rings is 1. The van der Waals surface area contributed by atoms with Crippen LogP contribution in [-0.2, 0) is 11.2 Å². The van der Waals surface area contributed by atoms with Crippen molar-refractivity contribution in [2.24, 2.45) is 5.92 Å². The predicted octanol–water partition coefficient (Wildman–Crippen LogP) is 2.62. The molecule has 132 valence electrons. The lowest BCUT2D eigenvalue weighted by Crippen LogP contribution is -2.50. The van der Waals surface area contributed by atoms with Crippen LogP contribution in [0.3, 0.4) is 0 Å². The summed E-state index contributed by atoms with van der Waals surface area (Å²) in [6, 6.07) is 5.67. The summed E-state index contributed by atoms with van der Waals surface area (Å²) in [6.45, 7) is 3.57. The number of aliphatic hydroxyl groups is 1. The molecule has 24 heavy (non-hydrogen) atoms. The standard InChI is InChI=1S/C16H21ClN2O5/c1-10(2)8-18(16(22)23)15(21)19-9-24-14(20)13(19)7-11-3-5-12(17)6-4-11/h3-6,10,13-14,20H,7-9H2,1-2H3,(H,22,23). The summed E-state index contributed by atoms with van der Waals surface area (Å²) in [7, 11) is 0. The molecule has 7 nitrogen and oxygen atoms in total. The van der Waals surface area contributed by atoms with Crippen molar-refractivity contribution < 1.29 is 24.5 Å². The molecule has 2 rings (SSSR count). The van der Waals surface area contributed by atoms with Gasteiger partial charge < -0.3 is 14.9 Å². The Hall–Kier alpha value is -1.83. The molecule has 1 heterocycles.